The Bertz CT molecular complexity index is 1540. The molecule has 462 valence electrons. The molecule has 0 saturated carbocycles. The molecule has 0 aromatic carbocycles. The Morgan fingerprint density at radius 2 is 0.785 bits per heavy atom. The highest BCUT2D eigenvalue weighted by molar-refractivity contribution is 7.45. The van der Waals surface area contributed by atoms with Crippen LogP contribution in [0.1, 0.15) is 316 Å². The number of phosphoric ester groups is 1. The Balaban J connectivity index is 5.05. The molecule has 0 fully saturated rings. The maximum absolute atomic E-state index is 13.5. The lowest BCUT2D eigenvalue weighted by Gasteiger charge is -2.30. The zero-order valence-electron chi connectivity index (χ0n) is 52.8. The number of hydrogen-bond acceptors (Lipinski definition) is 7. The third-order valence-corrected chi connectivity index (χ3v) is 15.9. The van der Waals surface area contributed by atoms with E-state index in [9.17, 15) is 19.0 Å². The standard InChI is InChI=1S/C69H129N2O7P/c1-7-10-13-16-19-22-25-28-29-30-31-32-33-34-35-36-37-38-39-40-41-44-47-50-53-56-59-62-69(73)78-67(60-57-54-51-48-45-42-26-23-20-17-14-11-8-2)66(65-77-79(74,75)76-64-63-71(4,5)6)70-68(72)61-58-55-52-49-46-43-27-24-21-18-15-12-9-3/h19,22,28-29,43,46,52,55,57,60,66-67H,7-18,20-21,23-27,30-42,44-45,47-51,53-54,56,58-59,61-65H2,1-6H3,(H-,70,72,74,75)/b22-19-,29-28-,46-43-,55-52+,60-57-. The number of phosphoric acid groups is 1. The number of amides is 1. The molecule has 1 amide bonds. The number of likely N-dealkylation sites (N-methyl/N-ethyl adjacent to an activating group) is 1. The van der Waals surface area contributed by atoms with Crippen LogP contribution in [0.15, 0.2) is 60.8 Å². The lowest BCUT2D eigenvalue weighted by Crippen LogP contribution is -2.47. The monoisotopic (exact) mass is 1130 g/mol. The van der Waals surface area contributed by atoms with Crippen LogP contribution in [0.4, 0.5) is 0 Å². The van der Waals surface area contributed by atoms with E-state index in [1.165, 1.54) is 218 Å². The average Bonchev–Trinajstić information content (AvgIpc) is 3.41. The summed E-state index contributed by atoms with van der Waals surface area (Å²) >= 11 is 0. The highest BCUT2D eigenvalue weighted by Gasteiger charge is 2.27. The van der Waals surface area contributed by atoms with Gasteiger partial charge in [0.2, 0.25) is 5.91 Å². The van der Waals surface area contributed by atoms with Crippen LogP contribution in [0.3, 0.4) is 0 Å². The van der Waals surface area contributed by atoms with Crippen LogP contribution in [-0.2, 0) is 27.9 Å². The van der Waals surface area contributed by atoms with Gasteiger partial charge in [0.15, 0.2) is 0 Å². The molecule has 0 aromatic heterocycles. The van der Waals surface area contributed by atoms with E-state index in [0.717, 1.165) is 57.8 Å². The molecule has 0 aliphatic heterocycles. The van der Waals surface area contributed by atoms with Gasteiger partial charge in [-0.25, -0.2) is 0 Å². The van der Waals surface area contributed by atoms with Crippen LogP contribution < -0.4 is 10.2 Å². The summed E-state index contributed by atoms with van der Waals surface area (Å²) in [4.78, 5) is 40.0. The fourth-order valence-corrected chi connectivity index (χ4v) is 10.4. The zero-order valence-corrected chi connectivity index (χ0v) is 53.7. The van der Waals surface area contributed by atoms with Crippen molar-refractivity contribution >= 4 is 19.7 Å². The molecule has 1 N–H and O–H groups in total. The van der Waals surface area contributed by atoms with Gasteiger partial charge in [0, 0.05) is 12.8 Å². The van der Waals surface area contributed by atoms with E-state index in [-0.39, 0.29) is 31.3 Å². The number of nitrogens with one attached hydrogen (secondary N) is 1. The first-order valence-corrected chi connectivity index (χ1v) is 35.1. The van der Waals surface area contributed by atoms with Gasteiger partial charge >= 0.3 is 5.97 Å². The van der Waals surface area contributed by atoms with Gasteiger partial charge in [-0.2, -0.15) is 0 Å². The van der Waals surface area contributed by atoms with Crippen molar-refractivity contribution in [3.8, 4) is 0 Å². The van der Waals surface area contributed by atoms with Crippen molar-refractivity contribution in [1.82, 2.24) is 5.32 Å². The molecule has 10 heteroatoms. The van der Waals surface area contributed by atoms with Crippen molar-refractivity contribution in [3.63, 3.8) is 0 Å². The molecule has 9 nitrogen and oxygen atoms in total. The fourth-order valence-electron chi connectivity index (χ4n) is 9.72. The maximum atomic E-state index is 13.5. The van der Waals surface area contributed by atoms with Crippen LogP contribution in [0.25, 0.3) is 0 Å². The normalized spacial score (nSPS) is 14.0. The van der Waals surface area contributed by atoms with Crippen LogP contribution in [-0.4, -0.2) is 69.4 Å². The number of carbonyl (C=O) groups excluding carboxylic acids is 2. The van der Waals surface area contributed by atoms with Crippen LogP contribution in [0, 0.1) is 0 Å². The smallest absolute Gasteiger partial charge is 0.306 e. The number of hydrogen-bond donors (Lipinski definition) is 1. The second kappa shape index (κ2) is 58.9. The number of carbonyl (C=O) groups is 2. The fraction of sp³-hybridized carbons (Fsp3) is 0.826. The molecule has 79 heavy (non-hydrogen) atoms. The van der Waals surface area contributed by atoms with E-state index in [2.05, 4.69) is 68.6 Å². The van der Waals surface area contributed by atoms with Gasteiger partial charge in [-0.05, 0) is 83.1 Å². The van der Waals surface area contributed by atoms with Crippen molar-refractivity contribution < 1.29 is 37.3 Å². The summed E-state index contributed by atoms with van der Waals surface area (Å²) in [6.07, 6.45) is 75.1. The minimum Gasteiger partial charge on any atom is -0.756 e. The summed E-state index contributed by atoms with van der Waals surface area (Å²) in [6.45, 7) is 6.79. The number of rotatable bonds is 61. The highest BCUT2D eigenvalue weighted by atomic mass is 31.2. The van der Waals surface area contributed by atoms with Crippen LogP contribution in [0.5, 0.6) is 0 Å². The Kier molecular flexibility index (Phi) is 57.2. The molecule has 0 spiro atoms. The molecule has 3 atom stereocenters. The third kappa shape index (κ3) is 60.1. The first-order chi connectivity index (χ1) is 38.4. The number of ether oxygens (including phenoxy) is 1. The molecule has 0 aliphatic carbocycles. The van der Waals surface area contributed by atoms with E-state index in [0.29, 0.717) is 17.4 Å². The third-order valence-electron chi connectivity index (χ3n) is 14.9. The Hall–Kier alpha value is -2.29. The van der Waals surface area contributed by atoms with E-state index in [1.807, 2.05) is 39.4 Å². The van der Waals surface area contributed by atoms with Crippen molar-refractivity contribution in [2.75, 3.05) is 40.9 Å². The summed E-state index contributed by atoms with van der Waals surface area (Å²) in [5.74, 6) is -0.609. The van der Waals surface area contributed by atoms with E-state index in [1.54, 1.807) is 0 Å². The molecule has 0 rings (SSSR count). The number of nitrogens with zero attached hydrogens (tertiary/aromatic N) is 1. The SMILES string of the molecule is CCCCC/C=C\C/C=C\CCCCCCCCCCCCCCCCCCCC(=O)OC(/C=C\CCCCCCCCCCCCC)C(COP(=O)([O-])OCC[N+](C)(C)C)NC(=O)CC/C=C/C/C=C\CCCCCCCC. The minimum atomic E-state index is -4.71. The largest absolute Gasteiger partial charge is 0.756 e. The summed E-state index contributed by atoms with van der Waals surface area (Å²) in [5, 5.41) is 2.99. The molecule has 0 heterocycles. The lowest BCUT2D eigenvalue weighted by atomic mass is 10.0. The molecule has 0 bridgehead atoms. The van der Waals surface area contributed by atoms with Gasteiger partial charge in [0.25, 0.3) is 7.82 Å². The topological polar surface area (TPSA) is 114 Å². The summed E-state index contributed by atoms with van der Waals surface area (Å²) in [7, 11) is 1.16. The van der Waals surface area contributed by atoms with Crippen molar-refractivity contribution in [2.45, 2.75) is 328 Å². The maximum Gasteiger partial charge on any atom is 0.306 e. The van der Waals surface area contributed by atoms with Crippen LogP contribution >= 0.6 is 7.82 Å². The van der Waals surface area contributed by atoms with Gasteiger partial charge in [0.1, 0.15) is 19.3 Å². The second-order valence-electron chi connectivity index (χ2n) is 24.0. The van der Waals surface area contributed by atoms with Gasteiger partial charge in [-0.1, -0.05) is 281 Å². The molecule has 3 unspecified atom stereocenters. The summed E-state index contributed by atoms with van der Waals surface area (Å²) in [5.41, 5.74) is 0. The predicted molar refractivity (Wildman–Crippen MR) is 339 cm³/mol. The number of allylic oxidation sites excluding steroid dienone is 9. The van der Waals surface area contributed by atoms with Crippen molar-refractivity contribution in [3.05, 3.63) is 60.8 Å². The first kappa shape index (κ1) is 76.7. The zero-order chi connectivity index (χ0) is 57.9. The predicted octanol–water partition coefficient (Wildman–Crippen LogP) is 20.4. The van der Waals surface area contributed by atoms with Gasteiger partial charge < -0.3 is 28.5 Å². The summed E-state index contributed by atoms with van der Waals surface area (Å²) < 4.78 is 30.3. The molecular weight excluding hydrogens is 1000 g/mol. The lowest BCUT2D eigenvalue weighted by molar-refractivity contribution is -0.870. The number of quaternary nitrogens is 1. The Morgan fingerprint density at radius 1 is 0.443 bits per heavy atom. The Morgan fingerprint density at radius 3 is 1.19 bits per heavy atom. The molecule has 0 saturated heterocycles. The van der Waals surface area contributed by atoms with Crippen molar-refractivity contribution in [2.24, 2.45) is 0 Å². The Labute approximate surface area is 490 Å². The van der Waals surface area contributed by atoms with Gasteiger partial charge in [-0.3, -0.25) is 14.2 Å². The molecular formula is C69H129N2O7P. The van der Waals surface area contributed by atoms with Crippen molar-refractivity contribution in [1.29, 1.82) is 0 Å². The molecule has 0 aliphatic rings. The highest BCUT2D eigenvalue weighted by Crippen LogP contribution is 2.38. The average molecular weight is 1130 g/mol. The molecule has 0 aromatic rings. The molecule has 0 radical (unpaired) electrons. The first-order valence-electron chi connectivity index (χ1n) is 33.6. The van der Waals surface area contributed by atoms with E-state index < -0.39 is 26.6 Å². The number of esters is 1. The van der Waals surface area contributed by atoms with Gasteiger partial charge in [-0.15, -0.1) is 0 Å². The van der Waals surface area contributed by atoms with E-state index >= 15 is 0 Å². The van der Waals surface area contributed by atoms with Crippen LogP contribution in [0.2, 0.25) is 0 Å². The number of unbranched alkanes of at least 4 members (excludes halogenated alkanes) is 37. The van der Waals surface area contributed by atoms with Gasteiger partial charge in [0.05, 0.1) is 33.8 Å². The quantitative estimate of drug-likeness (QED) is 0.0212. The summed E-state index contributed by atoms with van der Waals surface area (Å²) in [6, 6.07) is -0.918. The minimum absolute atomic E-state index is 0.0311. The second-order valence-corrected chi connectivity index (χ2v) is 25.4. The van der Waals surface area contributed by atoms with E-state index in [4.69, 9.17) is 13.8 Å².